The Bertz CT molecular complexity index is 1010. The smallest absolute Gasteiger partial charge is 0.331 e. The molecule has 7 nitrogen and oxygen atoms in total. The Hall–Kier alpha value is -3.48. The van der Waals surface area contributed by atoms with E-state index in [0.29, 0.717) is 36.0 Å². The van der Waals surface area contributed by atoms with Gasteiger partial charge in [0.2, 0.25) is 5.75 Å². The van der Waals surface area contributed by atoms with Gasteiger partial charge in [-0.25, -0.2) is 4.79 Å². The van der Waals surface area contributed by atoms with Crippen LogP contribution in [0.3, 0.4) is 0 Å². The molecular formula is C24H25NO6. The molecule has 2 heterocycles. The van der Waals surface area contributed by atoms with Crippen molar-refractivity contribution in [3.63, 3.8) is 0 Å². The number of hydrogen-bond acceptors (Lipinski definition) is 6. The van der Waals surface area contributed by atoms with Gasteiger partial charge in [-0.1, -0.05) is 18.2 Å². The molecule has 0 spiro atoms. The highest BCUT2D eigenvalue weighted by molar-refractivity contribution is 6.00. The number of nitrogens with zero attached hydrogens (tertiary/aromatic N) is 1. The van der Waals surface area contributed by atoms with Crippen molar-refractivity contribution < 1.29 is 28.5 Å². The van der Waals surface area contributed by atoms with Crippen molar-refractivity contribution in [3.05, 3.63) is 53.6 Å². The van der Waals surface area contributed by atoms with E-state index < -0.39 is 12.1 Å². The van der Waals surface area contributed by atoms with E-state index in [4.69, 9.17) is 18.9 Å². The number of hydrogen-bond donors (Lipinski definition) is 0. The maximum absolute atomic E-state index is 12.9. The second-order valence-corrected chi connectivity index (χ2v) is 7.55. The van der Waals surface area contributed by atoms with Gasteiger partial charge in [-0.3, -0.25) is 4.79 Å². The summed E-state index contributed by atoms with van der Waals surface area (Å²) in [6.07, 6.45) is 2.76. The van der Waals surface area contributed by atoms with Gasteiger partial charge in [0.05, 0.1) is 7.11 Å². The Kier molecular flexibility index (Phi) is 5.84. The van der Waals surface area contributed by atoms with Gasteiger partial charge in [0, 0.05) is 17.8 Å². The summed E-state index contributed by atoms with van der Waals surface area (Å²) in [5.41, 5.74) is 2.69. The number of carbonyl (C=O) groups is 2. The summed E-state index contributed by atoms with van der Waals surface area (Å²) in [6, 6.07) is 11.3. The molecule has 31 heavy (non-hydrogen) atoms. The minimum atomic E-state index is -0.902. The summed E-state index contributed by atoms with van der Waals surface area (Å²) >= 11 is 0. The van der Waals surface area contributed by atoms with Crippen LogP contribution in [-0.4, -0.2) is 44.3 Å². The molecule has 2 aromatic carbocycles. The summed E-state index contributed by atoms with van der Waals surface area (Å²) in [5.74, 6) is 0.794. The Morgan fingerprint density at radius 2 is 1.97 bits per heavy atom. The second-order valence-electron chi connectivity index (χ2n) is 7.55. The number of amides is 1. The highest BCUT2D eigenvalue weighted by atomic mass is 16.6. The molecule has 7 heteroatoms. The van der Waals surface area contributed by atoms with Crippen molar-refractivity contribution in [1.29, 1.82) is 0 Å². The molecule has 0 unspecified atom stereocenters. The molecule has 162 valence electrons. The first kappa shape index (κ1) is 20.8. The van der Waals surface area contributed by atoms with Crippen LogP contribution < -0.4 is 19.1 Å². The molecule has 0 N–H and O–H groups in total. The zero-order valence-corrected chi connectivity index (χ0v) is 17.8. The van der Waals surface area contributed by atoms with Crippen LogP contribution in [0.15, 0.2) is 42.5 Å². The molecule has 2 atom stereocenters. The van der Waals surface area contributed by atoms with E-state index in [1.807, 2.05) is 31.2 Å². The van der Waals surface area contributed by atoms with Crippen molar-refractivity contribution in [1.82, 2.24) is 0 Å². The summed E-state index contributed by atoms with van der Waals surface area (Å²) in [4.78, 5) is 27.0. The Morgan fingerprint density at radius 1 is 1.19 bits per heavy atom. The van der Waals surface area contributed by atoms with Gasteiger partial charge in [-0.15, -0.1) is 0 Å². The second kappa shape index (κ2) is 8.71. The maximum atomic E-state index is 12.9. The molecule has 0 radical (unpaired) electrons. The van der Waals surface area contributed by atoms with Crippen LogP contribution in [0.1, 0.15) is 25.0 Å². The minimum Gasteiger partial charge on any atom is -0.493 e. The quantitative estimate of drug-likeness (QED) is 0.542. The van der Waals surface area contributed by atoms with E-state index in [-0.39, 0.29) is 11.9 Å². The van der Waals surface area contributed by atoms with Gasteiger partial charge >= 0.3 is 5.97 Å². The van der Waals surface area contributed by atoms with Crippen LogP contribution in [-0.2, 0) is 20.7 Å². The van der Waals surface area contributed by atoms with Crippen LogP contribution in [0.4, 0.5) is 5.69 Å². The van der Waals surface area contributed by atoms with E-state index >= 15 is 0 Å². The first-order chi connectivity index (χ1) is 15.0. The molecule has 0 aliphatic carbocycles. The largest absolute Gasteiger partial charge is 0.493 e. The fourth-order valence-corrected chi connectivity index (χ4v) is 3.92. The zero-order valence-electron chi connectivity index (χ0n) is 17.8. The lowest BCUT2D eigenvalue weighted by Crippen LogP contribution is -2.43. The van der Waals surface area contributed by atoms with Crippen molar-refractivity contribution in [2.45, 2.75) is 32.4 Å². The molecule has 0 saturated heterocycles. The first-order valence-corrected chi connectivity index (χ1v) is 10.2. The number of ether oxygens (including phenoxy) is 4. The lowest BCUT2D eigenvalue weighted by atomic mass is 10.1. The van der Waals surface area contributed by atoms with Crippen LogP contribution >= 0.6 is 0 Å². The summed E-state index contributed by atoms with van der Waals surface area (Å²) in [6.45, 7) is 4.48. The molecule has 0 saturated carbocycles. The summed E-state index contributed by atoms with van der Waals surface area (Å²) in [5, 5.41) is 0. The van der Waals surface area contributed by atoms with Crippen LogP contribution in [0.2, 0.25) is 0 Å². The van der Waals surface area contributed by atoms with Crippen LogP contribution in [0.25, 0.3) is 6.08 Å². The lowest BCUT2D eigenvalue weighted by Gasteiger charge is -2.25. The van der Waals surface area contributed by atoms with E-state index in [9.17, 15) is 9.59 Å². The van der Waals surface area contributed by atoms with Gasteiger partial charge < -0.3 is 23.8 Å². The molecule has 0 bridgehead atoms. The minimum absolute atomic E-state index is 0.0202. The Balaban J connectivity index is 1.43. The number of fused-ring (bicyclic) bond motifs is 2. The van der Waals surface area contributed by atoms with Crippen molar-refractivity contribution in [2.75, 3.05) is 25.2 Å². The number of benzene rings is 2. The summed E-state index contributed by atoms with van der Waals surface area (Å²) < 4.78 is 21.9. The van der Waals surface area contributed by atoms with Gasteiger partial charge in [0.25, 0.3) is 5.91 Å². The van der Waals surface area contributed by atoms with Crippen LogP contribution in [0.5, 0.6) is 17.2 Å². The number of para-hydroxylation sites is 1. The third kappa shape index (κ3) is 4.21. The fourth-order valence-electron chi connectivity index (χ4n) is 3.92. The monoisotopic (exact) mass is 423 g/mol. The lowest BCUT2D eigenvalue weighted by molar-refractivity contribution is -0.149. The van der Waals surface area contributed by atoms with Gasteiger partial charge in [0.1, 0.15) is 13.2 Å². The predicted molar refractivity (Wildman–Crippen MR) is 116 cm³/mol. The normalized spacial score (nSPS) is 17.9. The van der Waals surface area contributed by atoms with Crippen molar-refractivity contribution in [3.8, 4) is 17.2 Å². The first-order valence-electron chi connectivity index (χ1n) is 10.2. The van der Waals surface area contributed by atoms with E-state index in [2.05, 4.69) is 0 Å². The standard InChI is InChI=1S/C24H25NO6/c1-15-12-18-6-4-5-7-19(18)25(15)24(27)16(2)31-22(26)9-8-17-13-20(28-3)23-21(14-17)29-10-11-30-23/h4-9,13-16H,10-12H2,1-3H3/b9-8+/t15-,16+/m1/s1. The zero-order chi connectivity index (χ0) is 22.0. The number of rotatable bonds is 5. The van der Waals surface area contributed by atoms with E-state index in [1.54, 1.807) is 37.1 Å². The molecule has 2 aromatic rings. The molecule has 0 aromatic heterocycles. The number of methoxy groups -OCH3 is 1. The number of esters is 1. The summed E-state index contributed by atoms with van der Waals surface area (Å²) in [7, 11) is 1.54. The molecule has 1 amide bonds. The van der Waals surface area contributed by atoms with Crippen molar-refractivity contribution in [2.24, 2.45) is 0 Å². The topological polar surface area (TPSA) is 74.3 Å². The third-order valence-corrected chi connectivity index (χ3v) is 5.35. The molecule has 0 fully saturated rings. The highest BCUT2D eigenvalue weighted by Gasteiger charge is 2.34. The van der Waals surface area contributed by atoms with Crippen LogP contribution in [0, 0.1) is 0 Å². The van der Waals surface area contributed by atoms with E-state index in [0.717, 1.165) is 17.7 Å². The molecule has 4 rings (SSSR count). The Labute approximate surface area is 181 Å². The third-order valence-electron chi connectivity index (χ3n) is 5.35. The number of carbonyl (C=O) groups excluding carboxylic acids is 2. The van der Waals surface area contributed by atoms with E-state index in [1.165, 1.54) is 6.08 Å². The number of anilines is 1. The average Bonchev–Trinajstić information content (AvgIpc) is 3.12. The fraction of sp³-hybridized carbons (Fsp3) is 0.333. The van der Waals surface area contributed by atoms with Gasteiger partial charge in [-0.05, 0) is 55.7 Å². The maximum Gasteiger partial charge on any atom is 0.331 e. The van der Waals surface area contributed by atoms with Crippen molar-refractivity contribution >= 4 is 23.6 Å². The van der Waals surface area contributed by atoms with Gasteiger partial charge in [0.15, 0.2) is 17.6 Å². The van der Waals surface area contributed by atoms with Gasteiger partial charge in [-0.2, -0.15) is 0 Å². The molecule has 2 aliphatic rings. The molecular weight excluding hydrogens is 398 g/mol. The Morgan fingerprint density at radius 3 is 2.77 bits per heavy atom. The predicted octanol–water partition coefficient (Wildman–Crippen LogP) is 3.39. The highest BCUT2D eigenvalue weighted by Crippen LogP contribution is 2.40. The average molecular weight is 423 g/mol. The SMILES string of the molecule is COc1cc(/C=C/C(=O)O[C@@H](C)C(=O)N2c3ccccc3C[C@H]2C)cc2c1OCCO2. The molecule has 2 aliphatic heterocycles.